The molecule has 0 aliphatic rings. The van der Waals surface area contributed by atoms with Crippen molar-refractivity contribution in [2.24, 2.45) is 16.8 Å². The van der Waals surface area contributed by atoms with Gasteiger partial charge >= 0.3 is 0 Å². The Kier molecular flexibility index (Phi) is 5.17. The number of amidine groups is 1. The zero-order valence-electron chi connectivity index (χ0n) is 11.4. The predicted octanol–water partition coefficient (Wildman–Crippen LogP) is 1.46. The molecule has 104 valence electrons. The van der Waals surface area contributed by atoms with Crippen molar-refractivity contribution in [3.63, 3.8) is 0 Å². The summed E-state index contributed by atoms with van der Waals surface area (Å²) < 4.78 is 0. The third kappa shape index (κ3) is 3.87. The molecule has 0 aromatic heterocycles. The van der Waals surface area contributed by atoms with Crippen LogP contribution in [-0.4, -0.2) is 31.0 Å². The molecule has 0 bridgehead atoms. The lowest BCUT2D eigenvalue weighted by Crippen LogP contribution is -2.34. The first-order valence-corrected chi connectivity index (χ1v) is 6.05. The van der Waals surface area contributed by atoms with Crippen LogP contribution in [-0.2, 0) is 4.79 Å². The van der Waals surface area contributed by atoms with Gasteiger partial charge in [0.15, 0.2) is 5.84 Å². The number of nitrogens with one attached hydrogen (secondary N) is 1. The first-order valence-electron chi connectivity index (χ1n) is 6.05. The fourth-order valence-electron chi connectivity index (χ4n) is 1.67. The van der Waals surface area contributed by atoms with Gasteiger partial charge in [-0.3, -0.25) is 4.79 Å². The second-order valence-corrected chi connectivity index (χ2v) is 4.42. The van der Waals surface area contributed by atoms with Gasteiger partial charge in [0.25, 0.3) is 0 Å². The lowest BCUT2D eigenvalue weighted by atomic mass is 10.0. The van der Waals surface area contributed by atoms with Gasteiger partial charge in [-0.05, 0) is 30.7 Å². The number of benzene rings is 1. The standard InChI is InChI=1S/C13H20N4O2/c1-4-11(12(14)16-19)13(18)15-9-5-7-10(8-6-9)17(2)3/h5-8,11,19H,4H2,1-3H3,(H2,14,16)(H,15,18). The minimum Gasteiger partial charge on any atom is -0.409 e. The van der Waals surface area contributed by atoms with E-state index in [0.29, 0.717) is 12.1 Å². The zero-order valence-corrected chi connectivity index (χ0v) is 11.4. The van der Waals surface area contributed by atoms with Crippen molar-refractivity contribution >= 4 is 23.1 Å². The highest BCUT2D eigenvalue weighted by Gasteiger charge is 2.21. The van der Waals surface area contributed by atoms with E-state index in [0.717, 1.165) is 5.69 Å². The van der Waals surface area contributed by atoms with Crippen LogP contribution in [0.25, 0.3) is 0 Å². The lowest BCUT2D eigenvalue weighted by molar-refractivity contribution is -0.118. The highest BCUT2D eigenvalue weighted by Crippen LogP contribution is 2.17. The predicted molar refractivity (Wildman–Crippen MR) is 76.6 cm³/mol. The molecule has 0 spiro atoms. The molecule has 0 fully saturated rings. The van der Waals surface area contributed by atoms with Crippen LogP contribution in [0.15, 0.2) is 29.4 Å². The Balaban J connectivity index is 2.76. The number of hydrogen-bond donors (Lipinski definition) is 3. The molecule has 1 rings (SSSR count). The van der Waals surface area contributed by atoms with Crippen molar-refractivity contribution in [3.8, 4) is 0 Å². The van der Waals surface area contributed by atoms with Gasteiger partial charge in [-0.2, -0.15) is 0 Å². The van der Waals surface area contributed by atoms with Crippen LogP contribution >= 0.6 is 0 Å². The van der Waals surface area contributed by atoms with Gasteiger partial charge in [0.1, 0.15) is 0 Å². The molecule has 1 aromatic carbocycles. The highest BCUT2D eigenvalue weighted by molar-refractivity contribution is 6.07. The molecular formula is C13H20N4O2. The third-order valence-corrected chi connectivity index (χ3v) is 2.85. The molecule has 0 aliphatic heterocycles. The van der Waals surface area contributed by atoms with Crippen molar-refractivity contribution in [1.82, 2.24) is 0 Å². The minimum atomic E-state index is -0.626. The van der Waals surface area contributed by atoms with E-state index in [1.165, 1.54) is 0 Å². The second-order valence-electron chi connectivity index (χ2n) is 4.42. The summed E-state index contributed by atoms with van der Waals surface area (Å²) in [5.74, 6) is -0.987. The van der Waals surface area contributed by atoms with Gasteiger partial charge in [-0.1, -0.05) is 12.1 Å². The normalized spacial score (nSPS) is 12.9. The summed E-state index contributed by atoms with van der Waals surface area (Å²) in [6.45, 7) is 1.80. The van der Waals surface area contributed by atoms with Crippen molar-refractivity contribution in [2.45, 2.75) is 13.3 Å². The van der Waals surface area contributed by atoms with Crippen molar-refractivity contribution in [2.75, 3.05) is 24.3 Å². The fourth-order valence-corrected chi connectivity index (χ4v) is 1.67. The van der Waals surface area contributed by atoms with E-state index in [-0.39, 0.29) is 11.7 Å². The number of carbonyl (C=O) groups is 1. The van der Waals surface area contributed by atoms with Crippen molar-refractivity contribution in [3.05, 3.63) is 24.3 Å². The number of nitrogens with two attached hydrogens (primary N) is 1. The Hall–Kier alpha value is -2.24. The Morgan fingerprint density at radius 2 is 2.00 bits per heavy atom. The number of nitrogens with zero attached hydrogens (tertiary/aromatic N) is 2. The molecule has 1 unspecified atom stereocenters. The molecule has 0 saturated carbocycles. The smallest absolute Gasteiger partial charge is 0.235 e. The molecule has 1 atom stereocenters. The average Bonchev–Trinajstić information content (AvgIpc) is 2.39. The third-order valence-electron chi connectivity index (χ3n) is 2.85. The number of amides is 1. The molecule has 19 heavy (non-hydrogen) atoms. The Labute approximate surface area is 112 Å². The molecule has 6 nitrogen and oxygen atoms in total. The zero-order chi connectivity index (χ0) is 14.4. The number of carbonyl (C=O) groups excluding carboxylic acids is 1. The molecule has 6 heteroatoms. The van der Waals surface area contributed by atoms with Gasteiger partial charge < -0.3 is 21.2 Å². The van der Waals surface area contributed by atoms with Crippen LogP contribution in [0.5, 0.6) is 0 Å². The number of hydrogen-bond acceptors (Lipinski definition) is 4. The minimum absolute atomic E-state index is 0.0788. The van der Waals surface area contributed by atoms with Gasteiger partial charge in [0.2, 0.25) is 5.91 Å². The summed E-state index contributed by atoms with van der Waals surface area (Å²) >= 11 is 0. The van der Waals surface area contributed by atoms with Crippen LogP contribution in [0.4, 0.5) is 11.4 Å². The van der Waals surface area contributed by atoms with E-state index in [2.05, 4.69) is 10.5 Å². The van der Waals surface area contributed by atoms with E-state index in [4.69, 9.17) is 10.9 Å². The number of rotatable bonds is 5. The molecule has 1 amide bonds. The van der Waals surface area contributed by atoms with Crippen LogP contribution in [0.2, 0.25) is 0 Å². The summed E-state index contributed by atoms with van der Waals surface area (Å²) in [6, 6.07) is 7.43. The molecular weight excluding hydrogens is 244 g/mol. The number of anilines is 2. The van der Waals surface area contributed by atoms with Gasteiger partial charge in [0, 0.05) is 25.5 Å². The summed E-state index contributed by atoms with van der Waals surface area (Å²) in [7, 11) is 3.89. The maximum absolute atomic E-state index is 12.0. The largest absolute Gasteiger partial charge is 0.409 e. The first kappa shape index (κ1) is 14.8. The summed E-state index contributed by atoms with van der Waals surface area (Å²) in [5.41, 5.74) is 7.20. The van der Waals surface area contributed by atoms with Gasteiger partial charge in [0.05, 0.1) is 5.92 Å². The molecule has 4 N–H and O–H groups in total. The van der Waals surface area contributed by atoms with Crippen LogP contribution in [0.1, 0.15) is 13.3 Å². The highest BCUT2D eigenvalue weighted by atomic mass is 16.4. The van der Waals surface area contributed by atoms with E-state index in [1.807, 2.05) is 43.3 Å². The Morgan fingerprint density at radius 3 is 2.42 bits per heavy atom. The van der Waals surface area contributed by atoms with Crippen LogP contribution in [0, 0.1) is 5.92 Å². The lowest BCUT2D eigenvalue weighted by Gasteiger charge is -2.15. The molecule has 0 aliphatic carbocycles. The first-order chi connectivity index (χ1) is 8.99. The van der Waals surface area contributed by atoms with Crippen LogP contribution in [0.3, 0.4) is 0 Å². The van der Waals surface area contributed by atoms with Crippen molar-refractivity contribution < 1.29 is 10.0 Å². The van der Waals surface area contributed by atoms with Crippen molar-refractivity contribution in [1.29, 1.82) is 0 Å². The van der Waals surface area contributed by atoms with Gasteiger partial charge in [-0.15, -0.1) is 0 Å². The molecule has 0 saturated heterocycles. The average molecular weight is 264 g/mol. The Morgan fingerprint density at radius 1 is 1.42 bits per heavy atom. The van der Waals surface area contributed by atoms with E-state index < -0.39 is 5.92 Å². The van der Waals surface area contributed by atoms with E-state index in [1.54, 1.807) is 6.92 Å². The number of oxime groups is 1. The summed E-state index contributed by atoms with van der Waals surface area (Å²) in [4.78, 5) is 13.9. The summed E-state index contributed by atoms with van der Waals surface area (Å²) in [5, 5.41) is 14.3. The SMILES string of the molecule is CCC(C(=O)Nc1ccc(N(C)C)cc1)C(N)=NO. The fraction of sp³-hybridized carbons (Fsp3) is 0.385. The maximum atomic E-state index is 12.0. The molecule has 1 aromatic rings. The molecule has 0 heterocycles. The van der Waals surface area contributed by atoms with E-state index in [9.17, 15) is 4.79 Å². The monoisotopic (exact) mass is 264 g/mol. The second kappa shape index (κ2) is 6.63. The quantitative estimate of drug-likeness (QED) is 0.325. The Bertz CT molecular complexity index is 454. The molecule has 0 radical (unpaired) electrons. The summed E-state index contributed by atoms with van der Waals surface area (Å²) in [6.07, 6.45) is 0.470. The van der Waals surface area contributed by atoms with Gasteiger partial charge in [-0.25, -0.2) is 0 Å². The van der Waals surface area contributed by atoms with E-state index >= 15 is 0 Å². The topological polar surface area (TPSA) is 91.0 Å². The maximum Gasteiger partial charge on any atom is 0.235 e. The van der Waals surface area contributed by atoms with Crippen LogP contribution < -0.4 is 16.0 Å².